The van der Waals surface area contributed by atoms with Gasteiger partial charge >= 0.3 is 11.9 Å². The lowest BCUT2D eigenvalue weighted by molar-refractivity contribution is 0.0517. The minimum atomic E-state index is -0.274. The third-order valence-corrected chi connectivity index (χ3v) is 7.30. The Morgan fingerprint density at radius 1 is 0.629 bits per heavy atom. The lowest BCUT2D eigenvalue weighted by Crippen LogP contribution is -2.26. The molecule has 2 aromatic rings. The number of rotatable bonds is 14. The molecule has 0 fully saturated rings. The quantitative estimate of drug-likeness (QED) is 0.203. The highest BCUT2D eigenvalue weighted by Gasteiger charge is 2.43. The van der Waals surface area contributed by atoms with Crippen LogP contribution in [0.2, 0.25) is 0 Å². The first-order valence-electron chi connectivity index (χ1n) is 13.7. The van der Waals surface area contributed by atoms with Crippen molar-refractivity contribution < 1.29 is 19.1 Å². The third kappa shape index (κ3) is 5.97. The topological polar surface area (TPSA) is 52.6 Å². The van der Waals surface area contributed by atoms with Gasteiger partial charge in [-0.25, -0.2) is 9.59 Å². The molecule has 3 rings (SSSR count). The maximum atomic E-state index is 12.7. The van der Waals surface area contributed by atoms with E-state index in [1.54, 1.807) is 0 Å². The molecule has 0 bridgehead atoms. The van der Waals surface area contributed by atoms with Crippen molar-refractivity contribution in [3.8, 4) is 11.1 Å². The van der Waals surface area contributed by atoms with E-state index < -0.39 is 0 Å². The van der Waals surface area contributed by atoms with E-state index in [-0.39, 0.29) is 17.4 Å². The second kappa shape index (κ2) is 12.9. The van der Waals surface area contributed by atoms with Gasteiger partial charge in [0.1, 0.15) is 0 Å². The third-order valence-electron chi connectivity index (χ3n) is 7.30. The monoisotopic (exact) mass is 478 g/mol. The van der Waals surface area contributed by atoms with Crippen LogP contribution in [0.25, 0.3) is 11.1 Å². The fourth-order valence-corrected chi connectivity index (χ4v) is 5.55. The molecule has 0 unspecified atom stereocenters. The Balaban J connectivity index is 2.14. The molecule has 4 nitrogen and oxygen atoms in total. The van der Waals surface area contributed by atoms with Crippen molar-refractivity contribution in [2.45, 2.75) is 97.3 Å². The normalized spacial score (nSPS) is 13.3. The van der Waals surface area contributed by atoms with Gasteiger partial charge in [0.05, 0.1) is 24.3 Å². The lowest BCUT2D eigenvalue weighted by Gasteiger charge is -2.33. The van der Waals surface area contributed by atoms with Crippen LogP contribution in [0.4, 0.5) is 0 Å². The van der Waals surface area contributed by atoms with E-state index in [0.29, 0.717) is 24.3 Å². The number of carbonyl (C=O) groups excluding carboxylic acids is 2. The molecule has 35 heavy (non-hydrogen) atoms. The first-order valence-corrected chi connectivity index (χ1v) is 13.7. The van der Waals surface area contributed by atoms with Crippen LogP contribution >= 0.6 is 0 Å². The summed E-state index contributed by atoms with van der Waals surface area (Å²) >= 11 is 0. The predicted octanol–water partition coefficient (Wildman–Crippen LogP) is 8.25. The molecule has 0 spiro atoms. The smallest absolute Gasteiger partial charge is 0.338 e. The van der Waals surface area contributed by atoms with Crippen LogP contribution in [0.1, 0.15) is 124 Å². The number of esters is 2. The first-order chi connectivity index (χ1) is 17.0. The van der Waals surface area contributed by atoms with Crippen molar-refractivity contribution in [2.24, 2.45) is 0 Å². The zero-order valence-electron chi connectivity index (χ0n) is 22.1. The van der Waals surface area contributed by atoms with Crippen molar-refractivity contribution in [3.05, 3.63) is 58.7 Å². The predicted molar refractivity (Wildman–Crippen MR) is 142 cm³/mol. The summed E-state index contributed by atoms with van der Waals surface area (Å²) in [7, 11) is 0. The summed E-state index contributed by atoms with van der Waals surface area (Å²) in [5.41, 5.74) is 5.78. The van der Waals surface area contributed by atoms with Gasteiger partial charge in [-0.05, 0) is 73.2 Å². The number of carbonyl (C=O) groups is 2. The highest BCUT2D eigenvalue weighted by Crippen LogP contribution is 2.54. The van der Waals surface area contributed by atoms with Crippen LogP contribution in [0.3, 0.4) is 0 Å². The molecular weight excluding hydrogens is 436 g/mol. The van der Waals surface area contributed by atoms with E-state index in [4.69, 9.17) is 9.47 Å². The minimum absolute atomic E-state index is 0.211. The SMILES string of the molecule is CCCCCCC1(CCCCCC)c2cc(C(=O)OCC)ccc2-c2ccc(C(=O)OCC)cc21. The van der Waals surface area contributed by atoms with Crippen molar-refractivity contribution in [1.82, 2.24) is 0 Å². The molecule has 4 heteroatoms. The Hall–Kier alpha value is -2.62. The number of benzene rings is 2. The molecule has 0 amide bonds. The van der Waals surface area contributed by atoms with Gasteiger partial charge in [0.15, 0.2) is 0 Å². The molecule has 2 aromatic carbocycles. The summed E-state index contributed by atoms with van der Waals surface area (Å²) in [5, 5.41) is 0. The standard InChI is InChI=1S/C31H42O4/c1-5-9-11-13-19-31(20-14-12-10-6-2)27-21-23(29(32)34-7-3)15-17-25(27)26-18-16-24(22-28(26)31)30(33)35-8-4/h15-18,21-22H,5-14,19-20H2,1-4H3. The van der Waals surface area contributed by atoms with Crippen LogP contribution in [0.15, 0.2) is 36.4 Å². The highest BCUT2D eigenvalue weighted by atomic mass is 16.5. The van der Waals surface area contributed by atoms with Crippen molar-refractivity contribution >= 4 is 11.9 Å². The molecular formula is C31H42O4. The number of hydrogen-bond donors (Lipinski definition) is 0. The molecule has 1 aliphatic rings. The molecule has 0 heterocycles. The second-order valence-corrected chi connectivity index (χ2v) is 9.67. The van der Waals surface area contributed by atoms with Crippen molar-refractivity contribution in [3.63, 3.8) is 0 Å². The molecule has 0 aliphatic heterocycles. The maximum Gasteiger partial charge on any atom is 0.338 e. The van der Waals surface area contributed by atoms with Crippen LogP contribution in [-0.4, -0.2) is 25.2 Å². The van der Waals surface area contributed by atoms with Crippen molar-refractivity contribution in [1.29, 1.82) is 0 Å². The van der Waals surface area contributed by atoms with Gasteiger partial charge in [0.2, 0.25) is 0 Å². The van der Waals surface area contributed by atoms with E-state index in [1.807, 2.05) is 26.0 Å². The van der Waals surface area contributed by atoms with Crippen molar-refractivity contribution in [2.75, 3.05) is 13.2 Å². The summed E-state index contributed by atoms with van der Waals surface area (Å²) in [6.07, 6.45) is 11.5. The van der Waals surface area contributed by atoms with E-state index >= 15 is 0 Å². The summed E-state index contributed by atoms with van der Waals surface area (Å²) < 4.78 is 10.7. The fraction of sp³-hybridized carbons (Fsp3) is 0.548. The first kappa shape index (κ1) is 27.0. The van der Waals surface area contributed by atoms with Gasteiger partial charge in [-0.1, -0.05) is 77.3 Å². The fourth-order valence-electron chi connectivity index (χ4n) is 5.55. The molecule has 0 aromatic heterocycles. The van der Waals surface area contributed by atoms with E-state index in [0.717, 1.165) is 25.7 Å². The largest absolute Gasteiger partial charge is 0.462 e. The molecule has 190 valence electrons. The van der Waals surface area contributed by atoms with E-state index in [9.17, 15) is 9.59 Å². The maximum absolute atomic E-state index is 12.7. The van der Waals surface area contributed by atoms with Gasteiger partial charge in [0.25, 0.3) is 0 Å². The van der Waals surface area contributed by atoms with E-state index in [2.05, 4.69) is 38.1 Å². The number of unbranched alkanes of at least 4 members (excludes halogenated alkanes) is 6. The number of ether oxygens (including phenoxy) is 2. The molecule has 0 atom stereocenters. The zero-order chi connectivity index (χ0) is 25.3. The molecule has 0 saturated heterocycles. The number of fused-ring (bicyclic) bond motifs is 3. The van der Waals surface area contributed by atoms with Gasteiger partial charge in [-0.2, -0.15) is 0 Å². The van der Waals surface area contributed by atoms with Crippen LogP contribution in [0, 0.1) is 0 Å². The van der Waals surface area contributed by atoms with Crippen LogP contribution < -0.4 is 0 Å². The Labute approximate surface area is 211 Å². The molecule has 0 saturated carbocycles. The van der Waals surface area contributed by atoms with Gasteiger partial charge in [-0.15, -0.1) is 0 Å². The van der Waals surface area contributed by atoms with Crippen LogP contribution in [-0.2, 0) is 14.9 Å². The Bertz CT molecular complexity index is 926. The number of hydrogen-bond acceptors (Lipinski definition) is 4. The average molecular weight is 479 g/mol. The Morgan fingerprint density at radius 3 is 1.43 bits per heavy atom. The van der Waals surface area contributed by atoms with Gasteiger partial charge < -0.3 is 9.47 Å². The summed E-state index contributed by atoms with van der Waals surface area (Å²) in [5.74, 6) is -0.548. The summed E-state index contributed by atoms with van der Waals surface area (Å²) in [6.45, 7) is 8.86. The highest BCUT2D eigenvalue weighted by molar-refractivity contribution is 5.95. The molecule has 0 N–H and O–H groups in total. The van der Waals surface area contributed by atoms with E-state index in [1.165, 1.54) is 60.8 Å². The molecule has 1 aliphatic carbocycles. The Morgan fingerprint density at radius 2 is 1.06 bits per heavy atom. The molecule has 0 radical (unpaired) electrons. The minimum Gasteiger partial charge on any atom is -0.462 e. The summed E-state index contributed by atoms with van der Waals surface area (Å²) in [6, 6.07) is 12.0. The lowest BCUT2D eigenvalue weighted by atomic mass is 9.70. The van der Waals surface area contributed by atoms with Gasteiger partial charge in [-0.3, -0.25) is 0 Å². The Kier molecular flexibility index (Phi) is 9.94. The van der Waals surface area contributed by atoms with Crippen LogP contribution in [0.5, 0.6) is 0 Å². The zero-order valence-corrected chi connectivity index (χ0v) is 22.1. The second-order valence-electron chi connectivity index (χ2n) is 9.67. The average Bonchev–Trinajstić information content (AvgIpc) is 3.13. The van der Waals surface area contributed by atoms with Gasteiger partial charge in [0, 0.05) is 5.41 Å². The summed E-state index contributed by atoms with van der Waals surface area (Å²) in [4.78, 5) is 25.3.